The van der Waals surface area contributed by atoms with Crippen LogP contribution >= 0.6 is 0 Å². The Morgan fingerprint density at radius 1 is 1.07 bits per heavy atom. The SMILES string of the molecule is CCCCCCCC[C@H](O)/C=C/C=C/c1ccccc1OCCCC(=O)O. The molecule has 1 aromatic rings. The molecule has 1 rings (SSSR count). The van der Waals surface area contributed by atoms with E-state index in [0.29, 0.717) is 13.0 Å². The van der Waals surface area contributed by atoms with Crippen molar-refractivity contribution in [1.82, 2.24) is 0 Å². The zero-order valence-corrected chi connectivity index (χ0v) is 16.5. The van der Waals surface area contributed by atoms with Gasteiger partial charge in [0.15, 0.2) is 0 Å². The van der Waals surface area contributed by atoms with E-state index in [1.54, 1.807) is 0 Å². The zero-order chi connectivity index (χ0) is 19.7. The Labute approximate surface area is 163 Å². The molecule has 27 heavy (non-hydrogen) atoms. The molecular formula is C23H34O4. The standard InChI is InChI=1S/C23H34O4/c1-2-3-4-5-6-7-15-21(24)16-10-8-13-20-14-9-11-17-22(20)27-19-12-18-23(25)26/h8-11,13-14,16-17,21,24H,2-7,12,15,18-19H2,1H3,(H,25,26)/b13-8+,16-10+/t21-/m0/s1. The van der Waals surface area contributed by atoms with Gasteiger partial charge >= 0.3 is 5.97 Å². The van der Waals surface area contributed by atoms with Crippen molar-refractivity contribution in [3.63, 3.8) is 0 Å². The van der Waals surface area contributed by atoms with Gasteiger partial charge in [0.1, 0.15) is 5.75 Å². The second-order valence-electron chi connectivity index (χ2n) is 6.75. The summed E-state index contributed by atoms with van der Waals surface area (Å²) in [6.07, 6.45) is 15.9. The van der Waals surface area contributed by atoms with Gasteiger partial charge in [-0.3, -0.25) is 4.79 Å². The maximum Gasteiger partial charge on any atom is 0.303 e. The van der Waals surface area contributed by atoms with Crippen LogP contribution in [0.25, 0.3) is 6.08 Å². The molecule has 0 bridgehead atoms. The number of allylic oxidation sites excluding steroid dienone is 2. The van der Waals surface area contributed by atoms with Gasteiger partial charge in [-0.25, -0.2) is 0 Å². The first-order chi connectivity index (χ1) is 13.1. The monoisotopic (exact) mass is 374 g/mol. The number of aliphatic hydroxyl groups is 1. The Morgan fingerprint density at radius 3 is 2.59 bits per heavy atom. The fraction of sp³-hybridized carbons (Fsp3) is 0.522. The number of unbranched alkanes of at least 4 members (excludes halogenated alkanes) is 5. The van der Waals surface area contributed by atoms with E-state index in [-0.39, 0.29) is 6.42 Å². The van der Waals surface area contributed by atoms with Crippen molar-refractivity contribution in [2.75, 3.05) is 6.61 Å². The summed E-state index contributed by atoms with van der Waals surface area (Å²) in [6, 6.07) is 7.64. The van der Waals surface area contributed by atoms with E-state index in [2.05, 4.69) is 6.92 Å². The van der Waals surface area contributed by atoms with Crippen LogP contribution in [0.15, 0.2) is 42.5 Å². The predicted molar refractivity (Wildman–Crippen MR) is 111 cm³/mol. The second-order valence-corrected chi connectivity index (χ2v) is 6.75. The Kier molecular flexibility index (Phi) is 12.8. The van der Waals surface area contributed by atoms with Crippen molar-refractivity contribution < 1.29 is 19.7 Å². The van der Waals surface area contributed by atoms with E-state index < -0.39 is 12.1 Å². The maximum atomic E-state index is 10.5. The average Bonchev–Trinajstić information content (AvgIpc) is 2.66. The molecule has 0 amide bonds. The number of benzene rings is 1. The number of rotatable bonds is 15. The van der Waals surface area contributed by atoms with Gasteiger partial charge in [0.2, 0.25) is 0 Å². The first-order valence-electron chi connectivity index (χ1n) is 10.1. The number of carboxylic acid groups (broad SMARTS) is 1. The molecule has 0 aliphatic heterocycles. The van der Waals surface area contributed by atoms with E-state index in [0.717, 1.165) is 24.2 Å². The fourth-order valence-electron chi connectivity index (χ4n) is 2.74. The average molecular weight is 375 g/mol. The van der Waals surface area contributed by atoms with Crippen molar-refractivity contribution in [2.45, 2.75) is 70.8 Å². The van der Waals surface area contributed by atoms with Crippen molar-refractivity contribution in [1.29, 1.82) is 0 Å². The van der Waals surface area contributed by atoms with Crippen LogP contribution in [0.3, 0.4) is 0 Å². The minimum absolute atomic E-state index is 0.108. The molecule has 0 unspecified atom stereocenters. The number of hydrogen-bond acceptors (Lipinski definition) is 3. The van der Waals surface area contributed by atoms with Crippen LogP contribution in [0.2, 0.25) is 0 Å². The van der Waals surface area contributed by atoms with Crippen molar-refractivity contribution in [2.24, 2.45) is 0 Å². The summed E-state index contributed by atoms with van der Waals surface area (Å²) in [6.45, 7) is 2.59. The lowest BCUT2D eigenvalue weighted by molar-refractivity contribution is -0.137. The van der Waals surface area contributed by atoms with Gasteiger partial charge in [-0.1, -0.05) is 88.0 Å². The molecule has 150 valence electrons. The number of carboxylic acids is 1. The third-order valence-corrected chi connectivity index (χ3v) is 4.29. The Morgan fingerprint density at radius 2 is 1.81 bits per heavy atom. The summed E-state index contributed by atoms with van der Waals surface area (Å²) in [4.78, 5) is 10.5. The van der Waals surface area contributed by atoms with Gasteiger partial charge in [-0.15, -0.1) is 0 Å². The third kappa shape index (κ3) is 12.0. The molecule has 2 N–H and O–H groups in total. The number of aliphatic carboxylic acids is 1. The van der Waals surface area contributed by atoms with Crippen LogP contribution in [-0.4, -0.2) is 28.9 Å². The van der Waals surface area contributed by atoms with E-state index in [1.807, 2.05) is 48.6 Å². The minimum Gasteiger partial charge on any atom is -0.493 e. The van der Waals surface area contributed by atoms with Gasteiger partial charge in [0.05, 0.1) is 12.7 Å². The molecule has 0 fully saturated rings. The second kappa shape index (κ2) is 15.0. The fourth-order valence-corrected chi connectivity index (χ4v) is 2.74. The third-order valence-electron chi connectivity index (χ3n) is 4.29. The van der Waals surface area contributed by atoms with E-state index in [4.69, 9.17) is 9.84 Å². The lowest BCUT2D eigenvalue weighted by Gasteiger charge is -2.08. The molecule has 4 nitrogen and oxygen atoms in total. The number of hydrogen-bond donors (Lipinski definition) is 2. The molecule has 0 aliphatic carbocycles. The number of para-hydroxylation sites is 1. The van der Waals surface area contributed by atoms with Crippen LogP contribution in [0.1, 0.15) is 70.3 Å². The van der Waals surface area contributed by atoms with E-state index in [9.17, 15) is 9.90 Å². The van der Waals surface area contributed by atoms with Gasteiger partial charge in [-0.2, -0.15) is 0 Å². The van der Waals surface area contributed by atoms with Gasteiger partial charge in [0, 0.05) is 12.0 Å². The summed E-state index contributed by atoms with van der Waals surface area (Å²) in [5.74, 6) is -0.0726. The van der Waals surface area contributed by atoms with Gasteiger partial charge in [0.25, 0.3) is 0 Å². The molecule has 4 heteroatoms. The molecule has 0 saturated heterocycles. The molecular weight excluding hydrogens is 340 g/mol. The smallest absolute Gasteiger partial charge is 0.303 e. The largest absolute Gasteiger partial charge is 0.493 e. The highest BCUT2D eigenvalue weighted by Gasteiger charge is 2.01. The highest BCUT2D eigenvalue weighted by Crippen LogP contribution is 2.20. The van der Waals surface area contributed by atoms with Crippen LogP contribution in [0.5, 0.6) is 5.75 Å². The van der Waals surface area contributed by atoms with Crippen molar-refractivity contribution in [3.05, 3.63) is 48.1 Å². The lowest BCUT2D eigenvalue weighted by Crippen LogP contribution is -2.02. The molecule has 0 aliphatic rings. The van der Waals surface area contributed by atoms with Gasteiger partial charge < -0.3 is 14.9 Å². The predicted octanol–water partition coefficient (Wildman–Crippen LogP) is 5.61. The Bertz CT molecular complexity index is 577. The highest BCUT2D eigenvalue weighted by molar-refractivity contribution is 5.66. The van der Waals surface area contributed by atoms with Crippen molar-refractivity contribution in [3.8, 4) is 5.75 Å². The Hall–Kier alpha value is -2.07. The quantitative estimate of drug-likeness (QED) is 0.309. The molecule has 1 aromatic carbocycles. The lowest BCUT2D eigenvalue weighted by atomic mass is 10.1. The summed E-state index contributed by atoms with van der Waals surface area (Å²) in [5.41, 5.74) is 0.933. The normalized spacial score (nSPS) is 12.7. The summed E-state index contributed by atoms with van der Waals surface area (Å²) >= 11 is 0. The zero-order valence-electron chi connectivity index (χ0n) is 16.5. The summed E-state index contributed by atoms with van der Waals surface area (Å²) < 4.78 is 5.67. The van der Waals surface area contributed by atoms with Crippen LogP contribution in [0, 0.1) is 0 Å². The number of ether oxygens (including phenoxy) is 1. The summed E-state index contributed by atoms with van der Waals surface area (Å²) in [5, 5.41) is 18.7. The van der Waals surface area contributed by atoms with E-state index >= 15 is 0 Å². The molecule has 1 atom stereocenters. The molecule has 0 heterocycles. The van der Waals surface area contributed by atoms with Crippen LogP contribution in [0.4, 0.5) is 0 Å². The Balaban J connectivity index is 2.34. The molecule has 0 spiro atoms. The highest BCUT2D eigenvalue weighted by atomic mass is 16.5. The van der Waals surface area contributed by atoms with Crippen LogP contribution < -0.4 is 4.74 Å². The maximum absolute atomic E-state index is 10.5. The molecule has 0 saturated carbocycles. The van der Waals surface area contributed by atoms with Gasteiger partial charge in [-0.05, 0) is 18.9 Å². The first kappa shape index (κ1) is 23.0. The van der Waals surface area contributed by atoms with Crippen LogP contribution in [-0.2, 0) is 4.79 Å². The first-order valence-corrected chi connectivity index (χ1v) is 10.1. The minimum atomic E-state index is -0.809. The van der Waals surface area contributed by atoms with Crippen molar-refractivity contribution >= 4 is 12.0 Å². The van der Waals surface area contributed by atoms with E-state index in [1.165, 1.54) is 32.1 Å². The molecule has 0 radical (unpaired) electrons. The topological polar surface area (TPSA) is 66.8 Å². The molecule has 0 aromatic heterocycles. The number of carbonyl (C=O) groups is 1. The number of aliphatic hydroxyl groups excluding tert-OH is 1. The summed E-state index contributed by atoms with van der Waals surface area (Å²) in [7, 11) is 0.